The van der Waals surface area contributed by atoms with Crippen molar-refractivity contribution in [1.29, 1.82) is 0 Å². The maximum Gasteiger partial charge on any atom is 0.426 e. The third-order valence-electron chi connectivity index (χ3n) is 6.11. The van der Waals surface area contributed by atoms with Gasteiger partial charge in [-0.1, -0.05) is 78.9 Å². The van der Waals surface area contributed by atoms with Crippen molar-refractivity contribution in [3.63, 3.8) is 0 Å². The molecule has 1 unspecified atom stereocenters. The number of amides is 3. The molecule has 0 bridgehead atoms. The van der Waals surface area contributed by atoms with Gasteiger partial charge in [-0.2, -0.15) is 0 Å². The van der Waals surface area contributed by atoms with Gasteiger partial charge in [0.05, 0.1) is 6.61 Å². The smallest absolute Gasteiger partial charge is 0.426 e. The van der Waals surface area contributed by atoms with Crippen LogP contribution >= 0.6 is 0 Å². The molecular formula is C28H27N3O7. The van der Waals surface area contributed by atoms with Gasteiger partial charge in [-0.25, -0.2) is 15.0 Å². The third-order valence-corrected chi connectivity index (χ3v) is 6.11. The van der Waals surface area contributed by atoms with Crippen molar-refractivity contribution < 1.29 is 33.8 Å². The Morgan fingerprint density at radius 3 is 2.05 bits per heavy atom. The summed E-state index contributed by atoms with van der Waals surface area (Å²) in [7, 11) is 0. The number of hydrogen-bond acceptors (Lipinski definition) is 6. The number of benzene rings is 3. The lowest BCUT2D eigenvalue weighted by atomic mass is 9.98. The summed E-state index contributed by atoms with van der Waals surface area (Å²) in [6, 6.07) is 23.8. The zero-order valence-corrected chi connectivity index (χ0v) is 20.4. The highest BCUT2D eigenvalue weighted by molar-refractivity contribution is 6.32. The van der Waals surface area contributed by atoms with Gasteiger partial charge in [0.15, 0.2) is 0 Å². The third kappa shape index (κ3) is 6.54. The van der Waals surface area contributed by atoms with Crippen LogP contribution in [-0.4, -0.2) is 48.2 Å². The van der Waals surface area contributed by atoms with Gasteiger partial charge in [0.25, 0.3) is 5.91 Å². The fourth-order valence-corrected chi connectivity index (χ4v) is 4.29. The summed E-state index contributed by atoms with van der Waals surface area (Å²) in [5, 5.41) is 11.0. The number of carbonyl (C=O) groups is 4. The monoisotopic (exact) mass is 517 g/mol. The standard InChI is InChI=1S/C28H27N3O7/c32-25(24(29-26(33)27(34)35)14-15-37-16-18-8-2-1-3-9-18)30-31-28(36)38-17-23-21-12-6-4-10-19(21)20-11-5-7-13-22(20)23/h1-13,23-24H,14-17H2,(H,29,33)(H,30,32)(H,31,36)(H,34,35). The van der Waals surface area contributed by atoms with E-state index in [0.717, 1.165) is 27.8 Å². The summed E-state index contributed by atoms with van der Waals surface area (Å²) in [6.45, 7) is 0.375. The Morgan fingerprint density at radius 2 is 1.42 bits per heavy atom. The Morgan fingerprint density at radius 1 is 0.816 bits per heavy atom. The lowest BCUT2D eigenvalue weighted by molar-refractivity contribution is -0.151. The summed E-state index contributed by atoms with van der Waals surface area (Å²) in [5.74, 6) is -4.07. The average molecular weight is 518 g/mol. The van der Waals surface area contributed by atoms with Crippen LogP contribution in [0.4, 0.5) is 4.79 Å². The summed E-state index contributed by atoms with van der Waals surface area (Å²) in [4.78, 5) is 47.6. The van der Waals surface area contributed by atoms with Crippen LogP contribution in [0.1, 0.15) is 29.0 Å². The maximum atomic E-state index is 12.6. The lowest BCUT2D eigenvalue weighted by Gasteiger charge is -2.18. The van der Waals surface area contributed by atoms with Crippen LogP contribution in [0.25, 0.3) is 11.1 Å². The number of carbonyl (C=O) groups excluding carboxylic acids is 3. The molecule has 0 saturated carbocycles. The van der Waals surface area contributed by atoms with Gasteiger partial charge in [-0.05, 0) is 27.8 Å². The highest BCUT2D eigenvalue weighted by Crippen LogP contribution is 2.44. The molecule has 0 spiro atoms. The molecule has 4 rings (SSSR count). The van der Waals surface area contributed by atoms with Gasteiger partial charge in [0.2, 0.25) is 0 Å². The second kappa shape index (κ2) is 12.5. The van der Waals surface area contributed by atoms with Crippen molar-refractivity contribution in [3.8, 4) is 11.1 Å². The van der Waals surface area contributed by atoms with Crippen LogP contribution in [-0.2, 0) is 30.5 Å². The fourth-order valence-electron chi connectivity index (χ4n) is 4.29. The highest BCUT2D eigenvalue weighted by Gasteiger charge is 2.29. The maximum absolute atomic E-state index is 12.6. The van der Waals surface area contributed by atoms with Crippen LogP contribution in [0.2, 0.25) is 0 Å². The minimum absolute atomic E-state index is 0.0238. The molecule has 10 heteroatoms. The molecule has 3 aromatic carbocycles. The van der Waals surface area contributed by atoms with Crippen molar-refractivity contribution >= 4 is 23.9 Å². The predicted octanol–water partition coefficient (Wildman–Crippen LogP) is 2.73. The number of carboxylic acid groups (broad SMARTS) is 1. The van der Waals surface area contributed by atoms with Gasteiger partial charge in [-0.3, -0.25) is 15.0 Å². The summed E-state index contributed by atoms with van der Waals surface area (Å²) in [5.41, 5.74) is 9.48. The second-order valence-electron chi connectivity index (χ2n) is 8.60. The topological polar surface area (TPSA) is 143 Å². The van der Waals surface area contributed by atoms with Crippen LogP contribution in [0.3, 0.4) is 0 Å². The average Bonchev–Trinajstić information content (AvgIpc) is 3.26. The van der Waals surface area contributed by atoms with Gasteiger partial charge < -0.3 is 19.9 Å². The molecule has 0 radical (unpaired) electrons. The first-order valence-electron chi connectivity index (χ1n) is 12.0. The summed E-state index contributed by atoms with van der Waals surface area (Å²) < 4.78 is 10.9. The molecule has 1 aliphatic carbocycles. The van der Waals surface area contributed by atoms with E-state index in [1.807, 2.05) is 78.9 Å². The summed E-state index contributed by atoms with van der Waals surface area (Å²) >= 11 is 0. The first kappa shape index (κ1) is 26.4. The molecular weight excluding hydrogens is 490 g/mol. The quantitative estimate of drug-likeness (QED) is 0.194. The predicted molar refractivity (Wildman–Crippen MR) is 137 cm³/mol. The summed E-state index contributed by atoms with van der Waals surface area (Å²) in [6.07, 6.45) is -0.923. The molecule has 3 amide bonds. The van der Waals surface area contributed by atoms with Crippen molar-refractivity contribution in [2.24, 2.45) is 0 Å². The number of carboxylic acids is 1. The molecule has 3 aromatic rings. The Labute approximate surface area is 218 Å². The Kier molecular flexibility index (Phi) is 8.68. The van der Waals surface area contributed by atoms with E-state index in [0.29, 0.717) is 0 Å². The largest absolute Gasteiger partial charge is 0.474 e. The molecule has 0 heterocycles. The van der Waals surface area contributed by atoms with E-state index < -0.39 is 29.9 Å². The number of ether oxygens (including phenoxy) is 2. The number of fused-ring (bicyclic) bond motifs is 3. The van der Waals surface area contributed by atoms with Crippen LogP contribution in [0, 0.1) is 0 Å². The number of rotatable bonds is 9. The van der Waals surface area contributed by atoms with E-state index in [-0.39, 0.29) is 32.2 Å². The number of hydrazine groups is 1. The van der Waals surface area contributed by atoms with Gasteiger partial charge in [0, 0.05) is 18.9 Å². The van der Waals surface area contributed by atoms with E-state index in [4.69, 9.17) is 14.6 Å². The first-order valence-corrected chi connectivity index (χ1v) is 12.0. The van der Waals surface area contributed by atoms with E-state index in [2.05, 4.69) is 16.2 Å². The van der Waals surface area contributed by atoms with Crippen LogP contribution in [0.5, 0.6) is 0 Å². The van der Waals surface area contributed by atoms with Gasteiger partial charge >= 0.3 is 18.0 Å². The number of aliphatic carboxylic acids is 1. The van der Waals surface area contributed by atoms with Crippen LogP contribution < -0.4 is 16.2 Å². The second-order valence-corrected chi connectivity index (χ2v) is 8.60. The zero-order valence-electron chi connectivity index (χ0n) is 20.4. The molecule has 0 aliphatic heterocycles. The molecule has 1 atom stereocenters. The Balaban J connectivity index is 1.28. The Bertz CT molecular complexity index is 1270. The van der Waals surface area contributed by atoms with Crippen molar-refractivity contribution in [3.05, 3.63) is 95.6 Å². The molecule has 1 aliphatic rings. The molecule has 0 aromatic heterocycles. The van der Waals surface area contributed by atoms with Gasteiger partial charge in [0.1, 0.15) is 12.6 Å². The van der Waals surface area contributed by atoms with E-state index >= 15 is 0 Å². The van der Waals surface area contributed by atoms with E-state index in [1.54, 1.807) is 0 Å². The van der Waals surface area contributed by atoms with Crippen LogP contribution in [0.15, 0.2) is 78.9 Å². The molecule has 196 valence electrons. The lowest BCUT2D eigenvalue weighted by Crippen LogP contribution is -2.53. The fraction of sp³-hybridized carbons (Fsp3) is 0.214. The minimum atomic E-state index is -1.74. The van der Waals surface area contributed by atoms with Gasteiger partial charge in [-0.15, -0.1) is 0 Å². The molecule has 10 nitrogen and oxygen atoms in total. The van der Waals surface area contributed by atoms with Crippen molar-refractivity contribution in [1.82, 2.24) is 16.2 Å². The number of nitrogens with one attached hydrogen (secondary N) is 3. The molecule has 0 fully saturated rings. The minimum Gasteiger partial charge on any atom is -0.474 e. The zero-order chi connectivity index (χ0) is 26.9. The molecule has 38 heavy (non-hydrogen) atoms. The molecule has 4 N–H and O–H groups in total. The van der Waals surface area contributed by atoms with Crippen molar-refractivity contribution in [2.45, 2.75) is 25.0 Å². The highest BCUT2D eigenvalue weighted by atomic mass is 16.6. The molecule has 0 saturated heterocycles. The van der Waals surface area contributed by atoms with E-state index in [1.165, 1.54) is 0 Å². The normalized spacial score (nSPS) is 12.5. The SMILES string of the molecule is O=C(NNC(=O)C(CCOCc1ccccc1)NC(=O)C(=O)O)OCC1c2ccccc2-c2ccccc21. The van der Waals surface area contributed by atoms with E-state index in [9.17, 15) is 19.2 Å². The first-order chi connectivity index (χ1) is 18.4. The Hall–Kier alpha value is -4.70. The van der Waals surface area contributed by atoms with Crippen molar-refractivity contribution in [2.75, 3.05) is 13.2 Å². The number of hydrogen-bond donors (Lipinski definition) is 4.